The molecule has 0 bridgehead atoms. The minimum Gasteiger partial charge on any atom is -0.481 e. The van der Waals surface area contributed by atoms with Crippen molar-refractivity contribution in [3.63, 3.8) is 0 Å². The van der Waals surface area contributed by atoms with Crippen LogP contribution in [0.1, 0.15) is 37.0 Å². The Kier molecular flexibility index (Phi) is 4.70. The molecule has 2 N–H and O–H groups in total. The van der Waals surface area contributed by atoms with Crippen molar-refractivity contribution in [2.45, 2.75) is 46.1 Å². The van der Waals surface area contributed by atoms with Gasteiger partial charge in [0.15, 0.2) is 0 Å². The number of carbonyl (C=O) groups excluding carboxylic acids is 1. The Morgan fingerprint density at radius 3 is 2.37 bits per heavy atom. The van der Waals surface area contributed by atoms with Crippen molar-refractivity contribution >= 4 is 11.9 Å². The molecule has 0 atom stereocenters. The van der Waals surface area contributed by atoms with E-state index in [1.54, 1.807) is 13.8 Å². The first kappa shape index (κ1) is 15.2. The molecule has 0 spiro atoms. The van der Waals surface area contributed by atoms with E-state index in [4.69, 9.17) is 5.11 Å². The number of amides is 1. The summed E-state index contributed by atoms with van der Waals surface area (Å²) in [5.41, 5.74) is 2.54. The molecule has 19 heavy (non-hydrogen) atoms. The number of rotatable bonds is 5. The van der Waals surface area contributed by atoms with Gasteiger partial charge in [0, 0.05) is 5.54 Å². The van der Waals surface area contributed by atoms with E-state index in [1.807, 2.05) is 32.0 Å². The minimum atomic E-state index is -0.920. The first-order chi connectivity index (χ1) is 8.69. The van der Waals surface area contributed by atoms with E-state index in [0.29, 0.717) is 0 Å². The fourth-order valence-electron chi connectivity index (χ4n) is 1.94. The zero-order valence-corrected chi connectivity index (χ0v) is 11.9. The number of aryl methyl sites for hydroxylation is 2. The lowest BCUT2D eigenvalue weighted by Crippen LogP contribution is -2.45. The molecule has 0 saturated heterocycles. The highest BCUT2D eigenvalue weighted by atomic mass is 16.4. The average molecular weight is 263 g/mol. The van der Waals surface area contributed by atoms with Crippen LogP contribution in [0.25, 0.3) is 0 Å². The van der Waals surface area contributed by atoms with Gasteiger partial charge in [-0.3, -0.25) is 9.59 Å². The second-order valence-corrected chi connectivity index (χ2v) is 5.60. The Morgan fingerprint density at radius 2 is 1.84 bits per heavy atom. The number of hydrogen-bond donors (Lipinski definition) is 2. The van der Waals surface area contributed by atoms with E-state index in [-0.39, 0.29) is 18.7 Å². The summed E-state index contributed by atoms with van der Waals surface area (Å²) in [6, 6.07) is 5.89. The molecule has 4 nitrogen and oxygen atoms in total. The van der Waals surface area contributed by atoms with Gasteiger partial charge in [-0.15, -0.1) is 0 Å². The summed E-state index contributed by atoms with van der Waals surface area (Å²) in [6.45, 7) is 7.44. The van der Waals surface area contributed by atoms with Gasteiger partial charge < -0.3 is 10.4 Å². The SMILES string of the molecule is Cc1ccc(CC(=O)NC(C)(C)CC(=O)O)cc1C. The van der Waals surface area contributed by atoms with Crippen molar-refractivity contribution in [1.82, 2.24) is 5.32 Å². The van der Waals surface area contributed by atoms with Gasteiger partial charge >= 0.3 is 5.97 Å². The number of carboxylic acids is 1. The standard InChI is InChI=1S/C15H21NO3/c1-10-5-6-12(7-11(10)2)8-13(17)16-15(3,4)9-14(18)19/h5-7H,8-9H2,1-4H3,(H,16,17)(H,18,19). The molecule has 4 heteroatoms. The van der Waals surface area contributed by atoms with Crippen LogP contribution >= 0.6 is 0 Å². The Morgan fingerprint density at radius 1 is 1.21 bits per heavy atom. The number of benzene rings is 1. The van der Waals surface area contributed by atoms with Crippen LogP contribution in [-0.4, -0.2) is 22.5 Å². The first-order valence-corrected chi connectivity index (χ1v) is 6.28. The van der Waals surface area contributed by atoms with E-state index < -0.39 is 11.5 Å². The van der Waals surface area contributed by atoms with E-state index in [1.165, 1.54) is 5.56 Å². The Balaban J connectivity index is 2.64. The van der Waals surface area contributed by atoms with Crippen LogP contribution in [0.2, 0.25) is 0 Å². The molecule has 0 fully saturated rings. The van der Waals surface area contributed by atoms with Gasteiger partial charge in [0.05, 0.1) is 12.8 Å². The maximum Gasteiger partial charge on any atom is 0.305 e. The third-order valence-electron chi connectivity index (χ3n) is 3.01. The molecule has 1 aromatic carbocycles. The number of nitrogens with one attached hydrogen (secondary N) is 1. The van der Waals surface area contributed by atoms with Crippen LogP contribution < -0.4 is 5.32 Å². The largest absolute Gasteiger partial charge is 0.481 e. The third-order valence-corrected chi connectivity index (χ3v) is 3.01. The number of aliphatic carboxylic acids is 1. The number of hydrogen-bond acceptors (Lipinski definition) is 2. The van der Waals surface area contributed by atoms with Gasteiger partial charge in [-0.25, -0.2) is 0 Å². The Hall–Kier alpha value is -1.84. The average Bonchev–Trinajstić information content (AvgIpc) is 2.20. The van der Waals surface area contributed by atoms with Crippen LogP contribution in [0.15, 0.2) is 18.2 Å². The third kappa shape index (κ3) is 5.12. The van der Waals surface area contributed by atoms with E-state index in [0.717, 1.165) is 11.1 Å². The molecule has 1 amide bonds. The quantitative estimate of drug-likeness (QED) is 0.856. The molecule has 0 aliphatic rings. The second kappa shape index (κ2) is 5.87. The molecular weight excluding hydrogens is 242 g/mol. The monoisotopic (exact) mass is 263 g/mol. The van der Waals surface area contributed by atoms with E-state index in [9.17, 15) is 9.59 Å². The predicted molar refractivity (Wildman–Crippen MR) is 74.1 cm³/mol. The highest BCUT2D eigenvalue weighted by Crippen LogP contribution is 2.12. The predicted octanol–water partition coefficient (Wildman–Crippen LogP) is 2.22. The van der Waals surface area contributed by atoms with Crippen LogP contribution in [-0.2, 0) is 16.0 Å². The summed E-state index contributed by atoms with van der Waals surface area (Å²) in [7, 11) is 0. The summed E-state index contributed by atoms with van der Waals surface area (Å²) in [5, 5.41) is 11.5. The maximum atomic E-state index is 11.9. The summed E-state index contributed by atoms with van der Waals surface area (Å²) < 4.78 is 0. The van der Waals surface area contributed by atoms with E-state index >= 15 is 0 Å². The highest BCUT2D eigenvalue weighted by Gasteiger charge is 2.23. The molecule has 104 valence electrons. The molecule has 0 heterocycles. The molecule has 0 aliphatic carbocycles. The van der Waals surface area contributed by atoms with Crippen molar-refractivity contribution < 1.29 is 14.7 Å². The summed E-state index contributed by atoms with van der Waals surface area (Å²) in [5.74, 6) is -1.08. The second-order valence-electron chi connectivity index (χ2n) is 5.60. The van der Waals surface area contributed by atoms with Gasteiger partial charge in [-0.1, -0.05) is 18.2 Å². The Bertz CT molecular complexity index is 492. The van der Waals surface area contributed by atoms with Crippen LogP contribution in [0.4, 0.5) is 0 Å². The number of carbonyl (C=O) groups is 2. The molecule has 0 aliphatic heterocycles. The summed E-state index contributed by atoms with van der Waals surface area (Å²) in [4.78, 5) is 22.6. The highest BCUT2D eigenvalue weighted by molar-refractivity contribution is 5.80. The zero-order valence-electron chi connectivity index (χ0n) is 11.9. The van der Waals surface area contributed by atoms with Gasteiger partial charge in [0.2, 0.25) is 5.91 Å². The topological polar surface area (TPSA) is 66.4 Å². The molecule has 1 aromatic rings. The fourth-order valence-corrected chi connectivity index (χ4v) is 1.94. The lowest BCUT2D eigenvalue weighted by atomic mass is 9.99. The fraction of sp³-hybridized carbons (Fsp3) is 0.467. The number of carboxylic acid groups (broad SMARTS) is 1. The van der Waals surface area contributed by atoms with Crippen LogP contribution in [0.5, 0.6) is 0 Å². The van der Waals surface area contributed by atoms with Gasteiger partial charge in [0.25, 0.3) is 0 Å². The zero-order chi connectivity index (χ0) is 14.6. The molecule has 0 aromatic heterocycles. The normalized spacial score (nSPS) is 11.2. The van der Waals surface area contributed by atoms with Crippen molar-refractivity contribution in [3.05, 3.63) is 34.9 Å². The van der Waals surface area contributed by atoms with Crippen molar-refractivity contribution in [2.75, 3.05) is 0 Å². The Labute approximate surface area is 113 Å². The maximum absolute atomic E-state index is 11.9. The van der Waals surface area contributed by atoms with Gasteiger partial charge in [0.1, 0.15) is 0 Å². The van der Waals surface area contributed by atoms with Crippen LogP contribution in [0, 0.1) is 13.8 Å². The molecule has 0 unspecified atom stereocenters. The summed E-state index contributed by atoms with van der Waals surface area (Å²) >= 11 is 0. The van der Waals surface area contributed by atoms with Crippen LogP contribution in [0.3, 0.4) is 0 Å². The first-order valence-electron chi connectivity index (χ1n) is 6.28. The van der Waals surface area contributed by atoms with Crippen molar-refractivity contribution in [3.8, 4) is 0 Å². The lowest BCUT2D eigenvalue weighted by molar-refractivity contribution is -0.138. The minimum absolute atomic E-state index is 0.0916. The molecule has 0 radical (unpaired) electrons. The molecular formula is C15H21NO3. The van der Waals surface area contributed by atoms with Gasteiger partial charge in [-0.2, -0.15) is 0 Å². The smallest absolute Gasteiger partial charge is 0.305 e. The lowest BCUT2D eigenvalue weighted by Gasteiger charge is -2.24. The van der Waals surface area contributed by atoms with Crippen molar-refractivity contribution in [2.24, 2.45) is 0 Å². The van der Waals surface area contributed by atoms with Crippen molar-refractivity contribution in [1.29, 1.82) is 0 Å². The summed E-state index contributed by atoms with van der Waals surface area (Å²) in [6.07, 6.45) is 0.176. The molecule has 1 rings (SSSR count). The molecule has 0 saturated carbocycles. The van der Waals surface area contributed by atoms with E-state index in [2.05, 4.69) is 5.32 Å². The van der Waals surface area contributed by atoms with Gasteiger partial charge in [-0.05, 0) is 44.4 Å².